The van der Waals surface area contributed by atoms with Crippen molar-refractivity contribution in [1.82, 2.24) is 5.43 Å². The Labute approximate surface area is 123 Å². The van der Waals surface area contributed by atoms with Crippen LogP contribution in [0, 0.1) is 5.92 Å². The molecule has 1 unspecified atom stereocenters. The summed E-state index contributed by atoms with van der Waals surface area (Å²) in [7, 11) is 0. The summed E-state index contributed by atoms with van der Waals surface area (Å²) in [6.45, 7) is 4.53. The maximum absolute atomic E-state index is 5.61. The zero-order valence-corrected chi connectivity index (χ0v) is 13.6. The summed E-state index contributed by atoms with van der Waals surface area (Å²) in [6.07, 6.45) is 3.67. The van der Waals surface area contributed by atoms with E-state index in [2.05, 4.69) is 59.5 Å². The van der Waals surface area contributed by atoms with E-state index in [-0.39, 0.29) is 0 Å². The molecule has 18 heavy (non-hydrogen) atoms. The second kappa shape index (κ2) is 8.97. The van der Waals surface area contributed by atoms with Crippen molar-refractivity contribution in [2.24, 2.45) is 11.8 Å². The summed E-state index contributed by atoms with van der Waals surface area (Å²) >= 11 is 5.30. The van der Waals surface area contributed by atoms with Gasteiger partial charge in [-0.3, -0.25) is 11.3 Å². The maximum Gasteiger partial charge on any atom is 0.0304 e. The average Bonchev–Trinajstić information content (AvgIpc) is 2.35. The predicted octanol–water partition coefficient (Wildman–Crippen LogP) is 4.20. The fourth-order valence-corrected chi connectivity index (χ4v) is 2.96. The third-order valence-corrected chi connectivity index (χ3v) is 4.54. The molecule has 1 rings (SSSR count). The molecule has 0 saturated carbocycles. The number of nitrogens with one attached hydrogen (secondary N) is 1. The van der Waals surface area contributed by atoms with Crippen molar-refractivity contribution >= 4 is 27.7 Å². The Morgan fingerprint density at radius 2 is 1.89 bits per heavy atom. The molecule has 4 heteroatoms. The Morgan fingerprint density at radius 1 is 1.22 bits per heavy atom. The number of rotatable bonds is 8. The van der Waals surface area contributed by atoms with Gasteiger partial charge in [0.1, 0.15) is 0 Å². The second-order valence-corrected chi connectivity index (χ2v) is 6.96. The molecule has 1 aromatic rings. The first-order valence-corrected chi connectivity index (χ1v) is 8.24. The minimum Gasteiger partial charge on any atom is -0.271 e. The van der Waals surface area contributed by atoms with Crippen molar-refractivity contribution in [3.05, 3.63) is 28.7 Å². The molecule has 3 N–H and O–H groups in total. The number of hydrogen-bond acceptors (Lipinski definition) is 3. The van der Waals surface area contributed by atoms with Crippen LogP contribution in [-0.4, -0.2) is 11.8 Å². The largest absolute Gasteiger partial charge is 0.271 e. The van der Waals surface area contributed by atoms with E-state index in [0.717, 1.165) is 22.6 Å². The van der Waals surface area contributed by atoms with Crippen molar-refractivity contribution in [3.63, 3.8) is 0 Å². The Morgan fingerprint density at radius 3 is 2.44 bits per heavy atom. The fourth-order valence-electron chi connectivity index (χ4n) is 1.71. The van der Waals surface area contributed by atoms with Crippen LogP contribution < -0.4 is 11.3 Å². The molecular formula is C14H23BrN2S. The molecule has 0 amide bonds. The van der Waals surface area contributed by atoms with E-state index >= 15 is 0 Å². The van der Waals surface area contributed by atoms with E-state index < -0.39 is 0 Å². The van der Waals surface area contributed by atoms with Crippen LogP contribution in [0.5, 0.6) is 0 Å². The normalized spacial score (nSPS) is 12.9. The van der Waals surface area contributed by atoms with Crippen LogP contribution in [0.15, 0.2) is 33.6 Å². The highest BCUT2D eigenvalue weighted by molar-refractivity contribution is 9.10. The van der Waals surface area contributed by atoms with Gasteiger partial charge in [0, 0.05) is 21.2 Å². The molecule has 0 radical (unpaired) electrons. The van der Waals surface area contributed by atoms with E-state index in [1.807, 2.05) is 11.8 Å². The fraction of sp³-hybridized carbons (Fsp3) is 0.571. The van der Waals surface area contributed by atoms with E-state index in [1.165, 1.54) is 17.7 Å². The lowest BCUT2D eigenvalue weighted by atomic mass is 10.0. The van der Waals surface area contributed by atoms with E-state index in [9.17, 15) is 0 Å². The van der Waals surface area contributed by atoms with Crippen LogP contribution in [0.4, 0.5) is 0 Å². The summed E-state index contributed by atoms with van der Waals surface area (Å²) in [5.74, 6) is 7.41. The van der Waals surface area contributed by atoms with Gasteiger partial charge < -0.3 is 0 Å². The average molecular weight is 331 g/mol. The highest BCUT2D eigenvalue weighted by Gasteiger charge is 2.07. The van der Waals surface area contributed by atoms with Crippen LogP contribution in [0.25, 0.3) is 0 Å². The third-order valence-electron chi connectivity index (χ3n) is 2.83. The highest BCUT2D eigenvalue weighted by Crippen LogP contribution is 2.22. The number of hydrogen-bond donors (Lipinski definition) is 2. The summed E-state index contributed by atoms with van der Waals surface area (Å²) in [6, 6.07) is 8.82. The van der Waals surface area contributed by atoms with Crippen LogP contribution in [0.2, 0.25) is 0 Å². The number of hydrazine groups is 1. The van der Waals surface area contributed by atoms with Gasteiger partial charge >= 0.3 is 0 Å². The van der Waals surface area contributed by atoms with Gasteiger partial charge in [0.05, 0.1) is 0 Å². The summed E-state index contributed by atoms with van der Waals surface area (Å²) < 4.78 is 1.12. The van der Waals surface area contributed by atoms with E-state index in [1.54, 1.807) is 0 Å². The van der Waals surface area contributed by atoms with Crippen molar-refractivity contribution < 1.29 is 0 Å². The van der Waals surface area contributed by atoms with Gasteiger partial charge in [-0.15, -0.1) is 11.8 Å². The summed E-state index contributed by atoms with van der Waals surface area (Å²) in [5, 5.41) is 0. The third kappa shape index (κ3) is 6.78. The molecule has 0 fully saturated rings. The maximum atomic E-state index is 5.61. The minimum absolute atomic E-state index is 0.400. The zero-order chi connectivity index (χ0) is 13.4. The molecule has 0 heterocycles. The van der Waals surface area contributed by atoms with Crippen molar-refractivity contribution in [3.8, 4) is 0 Å². The first kappa shape index (κ1) is 16.0. The Kier molecular flexibility index (Phi) is 7.98. The van der Waals surface area contributed by atoms with Crippen LogP contribution in [-0.2, 0) is 0 Å². The van der Waals surface area contributed by atoms with Gasteiger partial charge in [0.15, 0.2) is 0 Å². The molecule has 2 nitrogen and oxygen atoms in total. The lowest BCUT2D eigenvalue weighted by Crippen LogP contribution is -2.36. The Bertz CT molecular complexity index is 327. The predicted molar refractivity (Wildman–Crippen MR) is 84.7 cm³/mol. The summed E-state index contributed by atoms with van der Waals surface area (Å²) in [4.78, 5) is 1.29. The van der Waals surface area contributed by atoms with E-state index in [0.29, 0.717) is 6.04 Å². The number of nitrogens with two attached hydrogens (primary N) is 1. The van der Waals surface area contributed by atoms with Crippen molar-refractivity contribution in [2.45, 2.75) is 44.0 Å². The molecule has 0 aliphatic carbocycles. The molecule has 0 bridgehead atoms. The second-order valence-electron chi connectivity index (χ2n) is 4.95. The number of benzene rings is 1. The van der Waals surface area contributed by atoms with Gasteiger partial charge in [-0.25, -0.2) is 0 Å². The summed E-state index contributed by atoms with van der Waals surface area (Å²) in [5.41, 5.74) is 2.93. The number of thioether (sulfide) groups is 1. The van der Waals surface area contributed by atoms with Crippen molar-refractivity contribution in [1.29, 1.82) is 0 Å². The first-order valence-electron chi connectivity index (χ1n) is 6.46. The standard InChI is InChI=1S/C14H23BrN2S/c1-11(2)4-3-5-13(17-16)10-18-14-8-6-12(15)7-9-14/h6-9,11,13,17H,3-5,10,16H2,1-2H3. The zero-order valence-electron chi connectivity index (χ0n) is 11.2. The smallest absolute Gasteiger partial charge is 0.0304 e. The minimum atomic E-state index is 0.400. The number of halogens is 1. The van der Waals surface area contributed by atoms with Gasteiger partial charge in [0.2, 0.25) is 0 Å². The van der Waals surface area contributed by atoms with Gasteiger partial charge in [0.25, 0.3) is 0 Å². The molecule has 0 aromatic heterocycles. The quantitative estimate of drug-likeness (QED) is 0.426. The topological polar surface area (TPSA) is 38.0 Å². The molecule has 0 spiro atoms. The molecule has 102 valence electrons. The monoisotopic (exact) mass is 330 g/mol. The molecule has 0 saturated heterocycles. The highest BCUT2D eigenvalue weighted by atomic mass is 79.9. The molecule has 0 aliphatic heterocycles. The molecule has 1 aromatic carbocycles. The Balaban J connectivity index is 2.28. The SMILES string of the molecule is CC(C)CCCC(CSc1ccc(Br)cc1)NN. The van der Waals surface area contributed by atoms with Gasteiger partial charge in [-0.05, 0) is 36.6 Å². The lowest BCUT2D eigenvalue weighted by molar-refractivity contribution is 0.469. The lowest BCUT2D eigenvalue weighted by Gasteiger charge is -2.16. The van der Waals surface area contributed by atoms with E-state index in [4.69, 9.17) is 5.84 Å². The van der Waals surface area contributed by atoms with Crippen LogP contribution in [0.1, 0.15) is 33.1 Å². The van der Waals surface area contributed by atoms with Crippen LogP contribution >= 0.6 is 27.7 Å². The molecule has 0 aliphatic rings. The van der Waals surface area contributed by atoms with Gasteiger partial charge in [-0.1, -0.05) is 42.6 Å². The first-order chi connectivity index (χ1) is 8.61. The Hall–Kier alpha value is -0.0300. The van der Waals surface area contributed by atoms with Gasteiger partial charge in [-0.2, -0.15) is 0 Å². The molecular weight excluding hydrogens is 308 g/mol. The van der Waals surface area contributed by atoms with Crippen LogP contribution in [0.3, 0.4) is 0 Å². The molecule has 1 atom stereocenters. The van der Waals surface area contributed by atoms with Crippen molar-refractivity contribution in [2.75, 3.05) is 5.75 Å².